The number of hydrogen-bond donors (Lipinski definition) is 9. The van der Waals surface area contributed by atoms with Crippen LogP contribution in [0.15, 0.2) is 273 Å². The van der Waals surface area contributed by atoms with Gasteiger partial charge < -0.3 is 47.2 Å². The second kappa shape index (κ2) is 47.0. The number of anilines is 9. The molecule has 18 nitrogen and oxygen atoms in total. The van der Waals surface area contributed by atoms with Crippen LogP contribution in [0.2, 0.25) is 15.1 Å². The third-order valence-corrected chi connectivity index (χ3v) is 27.5. The molecule has 12 aromatic rings. The lowest BCUT2D eigenvalue weighted by Crippen LogP contribution is -2.47. The Morgan fingerprint density at radius 2 is 0.549 bits per heavy atom. The molecule has 3 heterocycles. The summed E-state index contributed by atoms with van der Waals surface area (Å²) in [6.07, 6.45) is 1.58. The predicted octanol–water partition coefficient (Wildman–Crippen LogP) is 27.1. The normalized spacial score (nSPS) is 17.9. The molecule has 18 rings (SSSR count). The van der Waals surface area contributed by atoms with Crippen LogP contribution in [0.4, 0.5) is 94.6 Å². The van der Waals surface area contributed by atoms with Crippen LogP contribution in [-0.2, 0) is 72.0 Å². The molecule has 0 unspecified atom stereocenters. The Kier molecular flexibility index (Phi) is 34.8. The molecule has 0 spiro atoms. The van der Waals surface area contributed by atoms with Crippen molar-refractivity contribution < 1.29 is 87.5 Å². The van der Waals surface area contributed by atoms with Gasteiger partial charge in [-0.15, -0.1) is 0 Å². The first-order chi connectivity index (χ1) is 67.8. The van der Waals surface area contributed by atoms with E-state index in [1.165, 1.54) is 63.0 Å². The number of halogens is 13. The van der Waals surface area contributed by atoms with Crippen LogP contribution < -0.4 is 46.6 Å². The van der Waals surface area contributed by atoms with Crippen LogP contribution in [0.5, 0.6) is 0 Å². The van der Waals surface area contributed by atoms with Crippen molar-refractivity contribution >= 4 is 134 Å². The summed E-state index contributed by atoms with van der Waals surface area (Å²) in [5.74, 6) is -5.47. The number of carbonyl (C=O) groups excluding carboxylic acids is 6. The molecule has 3 fully saturated rings. The van der Waals surface area contributed by atoms with Crippen LogP contribution >= 0.6 is 47.0 Å². The Labute approximate surface area is 836 Å². The van der Waals surface area contributed by atoms with E-state index in [1.807, 2.05) is 146 Å². The number of para-hydroxylation sites is 3. The van der Waals surface area contributed by atoms with Gasteiger partial charge in [-0.05, 0) is 235 Å². The number of benzene rings is 12. The molecule has 0 radical (unpaired) electrons. The maximum Gasteiger partial charge on any atom is 0.416 e. The monoisotopic (exact) mass is 2020 g/mol. The van der Waals surface area contributed by atoms with Crippen LogP contribution in [0.1, 0.15) is 200 Å². The zero-order valence-corrected chi connectivity index (χ0v) is 79.4. The number of aliphatic hydroxyl groups excluding tert-OH is 3. The summed E-state index contributed by atoms with van der Waals surface area (Å²) in [7, 11) is 0. The molecule has 3 aliphatic carbocycles. The first-order valence-electron chi connectivity index (χ1n) is 46.4. The molecular formula is C110H106Cl3F10N9O9S. The van der Waals surface area contributed by atoms with Crippen molar-refractivity contribution in [2.24, 2.45) is 17.8 Å². The average Bonchev–Trinajstić information content (AvgIpc) is 1.62. The summed E-state index contributed by atoms with van der Waals surface area (Å²) in [4.78, 5) is 90.2. The SMILES string of the molecule is C.CSF.O=C(Nc1ccc(CO)c(C(F)(F)F)c1)[C@@H]1Cc2ccccc2N(C(=O)c2ccccc2Cl)[C@@H]1c1ccc(NC2CCCC2)cc1.O=C(Nc1ccc(CO)c(C(F)(F)F)c1)[C@H]1Cc2ccccc2N(C(=O)c2ccccc2Cl)[C@H]1c1ccc(NC2CCCC2)cc1.O=C(Nc1ccc(CO)c(C(F)(F)F)c1)[C@H]1Cc2ccccc2N(C(=O)c2ccccc2Cl)[C@H]1c1ccc(NC2CCCC2)cc1. The van der Waals surface area contributed by atoms with E-state index in [0.717, 1.165) is 109 Å². The van der Waals surface area contributed by atoms with Crippen LogP contribution in [-0.4, -0.2) is 75.1 Å². The molecular weight excluding hydrogens is 1920 g/mol. The molecule has 0 bridgehead atoms. The van der Waals surface area contributed by atoms with E-state index in [1.54, 1.807) is 87.5 Å². The number of amides is 6. The molecule has 6 aliphatic rings. The number of nitrogens with one attached hydrogen (secondary N) is 6. The highest BCUT2D eigenvalue weighted by Gasteiger charge is 2.48. The van der Waals surface area contributed by atoms with Crippen molar-refractivity contribution in [3.63, 3.8) is 0 Å². The van der Waals surface area contributed by atoms with Gasteiger partial charge in [-0.3, -0.25) is 43.5 Å². The number of aliphatic hydroxyl groups is 3. The lowest BCUT2D eigenvalue weighted by Gasteiger charge is -2.42. The number of nitrogens with zero attached hydrogens (tertiary/aromatic N) is 3. The number of rotatable bonds is 21. The Bertz CT molecular complexity index is 5860. The van der Waals surface area contributed by atoms with Crippen LogP contribution in [0, 0.1) is 17.8 Å². The van der Waals surface area contributed by atoms with Crippen LogP contribution in [0.25, 0.3) is 0 Å². The quantitative estimate of drug-likeness (QED) is 0.0304. The summed E-state index contributed by atoms with van der Waals surface area (Å²) in [5.41, 5.74) is 5.61. The maximum absolute atomic E-state index is 14.4. The van der Waals surface area contributed by atoms with Crippen molar-refractivity contribution in [1.29, 1.82) is 0 Å². The van der Waals surface area contributed by atoms with Crippen molar-refractivity contribution in [3.8, 4) is 0 Å². The predicted molar refractivity (Wildman–Crippen MR) is 540 cm³/mol. The average molecular weight is 2030 g/mol. The lowest BCUT2D eigenvalue weighted by molar-refractivity contribution is -0.139. The summed E-state index contributed by atoms with van der Waals surface area (Å²) < 4.78 is 134. The summed E-state index contributed by atoms with van der Waals surface area (Å²) >= 11 is 19.7. The number of carbonyl (C=O) groups is 6. The van der Waals surface area contributed by atoms with Gasteiger partial charge in [-0.2, -0.15) is 43.4 Å². The van der Waals surface area contributed by atoms with Crippen molar-refractivity contribution in [2.45, 2.75) is 178 Å². The highest BCUT2D eigenvalue weighted by atomic mass is 35.5. The van der Waals surface area contributed by atoms with E-state index >= 15 is 0 Å². The van der Waals surface area contributed by atoms with Gasteiger partial charge in [-0.1, -0.05) is 226 Å². The third-order valence-electron chi connectivity index (χ3n) is 26.5. The largest absolute Gasteiger partial charge is 0.416 e. The second-order valence-electron chi connectivity index (χ2n) is 35.6. The van der Waals surface area contributed by atoms with E-state index in [2.05, 4.69) is 31.9 Å². The summed E-state index contributed by atoms with van der Waals surface area (Å²) in [6.45, 7) is -2.39. The van der Waals surface area contributed by atoms with Crippen LogP contribution in [0.3, 0.4) is 0 Å². The van der Waals surface area contributed by atoms with Gasteiger partial charge in [0.15, 0.2) is 0 Å². The third kappa shape index (κ3) is 24.6. The molecule has 9 N–H and O–H groups in total. The fraction of sp³-hybridized carbons (Fsp3) is 0.291. The lowest BCUT2D eigenvalue weighted by atomic mass is 9.80. The van der Waals surface area contributed by atoms with E-state index in [0.29, 0.717) is 51.9 Å². The molecule has 12 aromatic carbocycles. The highest BCUT2D eigenvalue weighted by Crippen LogP contribution is 2.51. The van der Waals surface area contributed by atoms with Gasteiger partial charge in [0.25, 0.3) is 17.7 Å². The number of alkyl halides is 9. The van der Waals surface area contributed by atoms with Gasteiger partial charge in [0.2, 0.25) is 17.7 Å². The smallest absolute Gasteiger partial charge is 0.392 e. The zero-order chi connectivity index (χ0) is 100.0. The molecule has 0 saturated heterocycles. The van der Waals surface area contributed by atoms with Crippen molar-refractivity contribution in [3.05, 3.63) is 372 Å². The van der Waals surface area contributed by atoms with Gasteiger partial charge >= 0.3 is 18.5 Å². The van der Waals surface area contributed by atoms with Crippen molar-refractivity contribution in [1.82, 2.24) is 0 Å². The highest BCUT2D eigenvalue weighted by molar-refractivity contribution is 7.93. The Morgan fingerprint density at radius 3 is 0.775 bits per heavy atom. The zero-order valence-electron chi connectivity index (χ0n) is 76.4. The van der Waals surface area contributed by atoms with E-state index in [9.17, 15) is 87.5 Å². The minimum Gasteiger partial charge on any atom is -0.392 e. The minimum absolute atomic E-state index is 0. The van der Waals surface area contributed by atoms with Crippen molar-refractivity contribution in [2.75, 3.05) is 52.9 Å². The molecule has 142 heavy (non-hydrogen) atoms. The molecule has 6 amide bonds. The van der Waals surface area contributed by atoms with E-state index in [4.69, 9.17) is 34.8 Å². The molecule has 3 aliphatic heterocycles. The number of hydrogen-bond acceptors (Lipinski definition) is 13. The Balaban J connectivity index is 0.000000166. The first-order valence-corrected chi connectivity index (χ1v) is 48.7. The first kappa shape index (κ1) is 105. The fourth-order valence-electron chi connectivity index (χ4n) is 19.8. The molecule has 742 valence electrons. The maximum atomic E-state index is 14.4. The van der Waals surface area contributed by atoms with Gasteiger partial charge in [0, 0.05) is 87.7 Å². The molecule has 0 aromatic heterocycles. The standard InChI is InChI=1S/3C36H33ClF3N3O3.CH3FS.CH4/c3*37-31-11-5-4-10-28(31)35(46)43-32-12-6-1-7-23(32)19-29(33(43)22-13-16-26(17-14-22)41-25-8-2-3-9-25)34(45)42-27-18-15-24(21-44)30(20-27)36(38,39)40;1-3-2;/h3*1,4-7,10-18,20,25,29,33,41,44H,2-3,8-9,19,21H2,(H,42,45);1H3;1H4/t3*29-,33-;;/m100../s1. The molecule has 3 saturated carbocycles. The number of fused-ring (bicyclic) bond motifs is 3. The Hall–Kier alpha value is -12.7. The minimum atomic E-state index is -4.72. The van der Waals surface area contributed by atoms with Gasteiger partial charge in [-0.25, -0.2) is 0 Å². The summed E-state index contributed by atoms with van der Waals surface area (Å²) in [5, 5.41) is 47.9. The molecule has 6 atom stereocenters. The van der Waals surface area contributed by atoms with E-state index in [-0.39, 0.29) is 104 Å². The van der Waals surface area contributed by atoms with Gasteiger partial charge in [0.05, 0.1) is 104 Å². The van der Waals surface area contributed by atoms with E-state index < -0.39 is 126 Å². The fourth-order valence-corrected chi connectivity index (χ4v) is 20.4. The topological polar surface area (TPSA) is 245 Å². The molecule has 32 heteroatoms. The Morgan fingerprint density at radius 1 is 0.331 bits per heavy atom. The summed E-state index contributed by atoms with van der Waals surface area (Å²) in [6, 6.07) is 73.6. The second-order valence-corrected chi connectivity index (χ2v) is 37.1. The van der Waals surface area contributed by atoms with Gasteiger partial charge in [0.1, 0.15) is 0 Å².